The van der Waals surface area contributed by atoms with Crippen molar-refractivity contribution in [3.63, 3.8) is 0 Å². The Morgan fingerprint density at radius 3 is 1.05 bits per heavy atom. The minimum Gasteiger partial charge on any atom is -0.512 e. The number of carboxylic acid groups (broad SMARTS) is 1. The molecule has 0 amide bonds. The first-order chi connectivity index (χ1) is 60.3. The number of nitrogens with zero attached hydrogens (tertiary/aromatic N) is 25. The molecule has 0 atom stereocenters. The van der Waals surface area contributed by atoms with E-state index in [0.717, 1.165) is 56.8 Å². The van der Waals surface area contributed by atoms with Gasteiger partial charge in [0.2, 0.25) is 0 Å². The Hall–Kier alpha value is -12.5. The van der Waals surface area contributed by atoms with E-state index >= 15 is 0 Å². The number of aliphatic hydroxyl groups excluding tert-OH is 3. The molecule has 0 spiro atoms. The van der Waals surface area contributed by atoms with E-state index in [9.17, 15) is 24.3 Å². The van der Waals surface area contributed by atoms with E-state index in [-0.39, 0.29) is 186 Å². The maximum Gasteiger partial charge on any atom is 0.354 e. The minimum absolute atomic E-state index is 0. The van der Waals surface area contributed by atoms with Crippen molar-refractivity contribution in [1.82, 2.24) is 123 Å². The molecule has 40 heteroatoms. The minimum atomic E-state index is -0.990. The van der Waals surface area contributed by atoms with Crippen LogP contribution in [0.15, 0.2) is 335 Å². The summed E-state index contributed by atoms with van der Waals surface area (Å²) in [6.45, 7) is 16.8. The first kappa shape index (κ1) is 118. The van der Waals surface area contributed by atoms with Crippen molar-refractivity contribution in [1.29, 1.82) is 0 Å². The van der Waals surface area contributed by atoms with Crippen LogP contribution in [0.2, 0.25) is 0 Å². The Balaban J connectivity index is 0.000000728. The number of fused-ring (bicyclic) bond motifs is 3. The van der Waals surface area contributed by atoms with Crippen LogP contribution in [-0.2, 0) is 155 Å². The molecule has 0 saturated carbocycles. The third kappa shape index (κ3) is 42.2. The molecule has 0 aliphatic heterocycles. The maximum absolute atomic E-state index is 11.5. The summed E-state index contributed by atoms with van der Waals surface area (Å²) < 4.78 is 12.2. The van der Waals surface area contributed by atoms with Gasteiger partial charge >= 0.3 is 5.97 Å². The number of aromatic carboxylic acids is 1. The van der Waals surface area contributed by atoms with Crippen LogP contribution in [-0.4, -0.2) is 166 Å². The van der Waals surface area contributed by atoms with E-state index < -0.39 is 11.4 Å². The smallest absolute Gasteiger partial charge is 0.354 e. The molecule has 0 aliphatic rings. The van der Waals surface area contributed by atoms with Gasteiger partial charge in [-0.25, -0.2) is 50.6 Å². The topological polar surface area (TPSA) is 416 Å². The molecule has 18 aromatic rings. The molecule has 132 heavy (non-hydrogen) atoms. The maximum atomic E-state index is 11.5. The van der Waals surface area contributed by atoms with Crippen molar-refractivity contribution in [2.75, 3.05) is 0 Å². The Kier molecular flexibility index (Phi) is 56.6. The summed E-state index contributed by atoms with van der Waals surface area (Å²) in [5.41, 5.74) is 2.41. The molecule has 15 aromatic heterocycles. The number of rotatable bonds is 11. The van der Waals surface area contributed by atoms with Crippen molar-refractivity contribution < 1.29 is 180 Å². The number of carbonyl (C=O) groups excluding carboxylic acids is 3. The molecule has 33 nitrogen and oxygen atoms in total. The van der Waals surface area contributed by atoms with Crippen molar-refractivity contribution in [3.8, 4) is 40.7 Å². The molecule has 18 rings (SSSR count). The number of allylic oxidation sites excluding steroid dienone is 6. The van der Waals surface area contributed by atoms with Crippen LogP contribution in [0.1, 0.15) is 79.7 Å². The molecule has 697 valence electrons. The predicted octanol–water partition coefficient (Wildman–Crippen LogP) is 15.0. The Labute approximate surface area is 856 Å². The van der Waals surface area contributed by atoms with Gasteiger partial charge in [0.15, 0.2) is 17.3 Å². The van der Waals surface area contributed by atoms with E-state index in [2.05, 4.69) is 159 Å². The number of carboxylic acids is 1. The second kappa shape index (κ2) is 63.5. The quantitative estimate of drug-likeness (QED) is 0.0531. The fourth-order valence-electron chi connectivity index (χ4n) is 9.58. The molecule has 0 bridgehead atoms. The first-order valence-corrected chi connectivity index (χ1v) is 37.8. The van der Waals surface area contributed by atoms with E-state index in [0.29, 0.717) is 5.82 Å². The number of benzene rings is 3. The van der Waals surface area contributed by atoms with Crippen LogP contribution in [0.4, 0.5) is 0 Å². The zero-order chi connectivity index (χ0) is 89.6. The summed E-state index contributed by atoms with van der Waals surface area (Å²) in [5.74, 6) is 4.62. The molecule has 0 unspecified atom stereocenters. The van der Waals surface area contributed by atoms with Gasteiger partial charge in [-0.3, -0.25) is 39.3 Å². The molecule has 0 fully saturated rings. The normalized spacial score (nSPS) is 10.2. The summed E-state index contributed by atoms with van der Waals surface area (Å²) in [6, 6.07) is 65.3. The number of aliphatic hydroxyl groups is 3. The fraction of sp³-hybridized carbons (Fsp3) is 0.130. The summed E-state index contributed by atoms with van der Waals surface area (Å²) in [6.07, 6.45) is 48.6. The zero-order valence-electron chi connectivity index (χ0n) is 72.0. The summed E-state index contributed by atoms with van der Waals surface area (Å²) >= 11 is 0. The van der Waals surface area contributed by atoms with Gasteiger partial charge in [-0.15, -0.1) is 29.0 Å². The van der Waals surface area contributed by atoms with E-state index in [1.165, 1.54) is 75.3 Å². The van der Waals surface area contributed by atoms with Crippen molar-refractivity contribution in [3.05, 3.63) is 385 Å². The van der Waals surface area contributed by atoms with Crippen LogP contribution in [0, 0.1) is 54.9 Å². The second-order valence-corrected chi connectivity index (χ2v) is 27.5. The number of hydrogen-bond donors (Lipinski definition) is 4. The third-order valence-electron chi connectivity index (χ3n) is 15.5. The molecular formula is C92H86Ir7N25O8-7. The Bertz CT molecular complexity index is 5790. The van der Waals surface area contributed by atoms with E-state index in [1.807, 2.05) is 225 Å². The Morgan fingerprint density at radius 1 is 0.348 bits per heavy atom. The van der Waals surface area contributed by atoms with Crippen molar-refractivity contribution in [2.24, 2.45) is 10.8 Å². The van der Waals surface area contributed by atoms with Crippen LogP contribution in [0.3, 0.4) is 0 Å². The van der Waals surface area contributed by atoms with E-state index in [1.54, 1.807) is 105 Å². The molecule has 0 aliphatic carbocycles. The molecule has 7 radical (unpaired) electrons. The number of carbonyl (C=O) groups is 4. The van der Waals surface area contributed by atoms with Crippen LogP contribution < -0.4 is 0 Å². The van der Waals surface area contributed by atoms with Gasteiger partial charge < -0.3 is 72.3 Å². The van der Waals surface area contributed by atoms with E-state index in [4.69, 9.17) is 15.3 Å². The van der Waals surface area contributed by atoms with Crippen LogP contribution >= 0.6 is 0 Å². The number of aromatic nitrogens is 25. The molecule has 3 aromatic carbocycles. The van der Waals surface area contributed by atoms with Gasteiger partial charge in [0.1, 0.15) is 11.5 Å². The van der Waals surface area contributed by atoms with Crippen LogP contribution in [0.5, 0.6) is 0 Å². The number of ketones is 3. The fourth-order valence-corrected chi connectivity index (χ4v) is 9.58. The number of para-hydroxylation sites is 3. The summed E-state index contributed by atoms with van der Waals surface area (Å²) in [4.78, 5) is 82.4. The molecule has 15 heterocycles. The average Bonchev–Trinajstić information content (AvgIpc) is 1.68. The number of hydrogen-bond acceptors (Lipinski definition) is 25. The second-order valence-electron chi connectivity index (χ2n) is 27.5. The van der Waals surface area contributed by atoms with Gasteiger partial charge in [0.25, 0.3) is 0 Å². The SMILES string of the molecule is CC(=O)C=C(C)O.CC(=O)C=C(C)O.CC(C)(C)C(=O)C=C(O)C(C)(C)C.O=C(O)c1ccccn1.[Ir].[Ir].[Ir].[Ir].[Ir].[Ir].[Ir].[c-]1c2ccccc2cn1-c1ccccn1.[c-]1cc2ccccc2n1-c1ccccn1.[c-]1nc2ccccc2n1-c1ccccn1.[c-]1nncn1-c1ccccn1.[c-]1nncn1-c1ccccn1.[c-]1nncn1-c1ccccn1.[c-]1nncn1-c1cnccn1. The van der Waals surface area contributed by atoms with Gasteiger partial charge in [0, 0.05) is 312 Å². The molecule has 4 N–H and O–H groups in total. The van der Waals surface area contributed by atoms with Gasteiger partial charge in [-0.2, -0.15) is 0 Å². The predicted molar refractivity (Wildman–Crippen MR) is 467 cm³/mol. The van der Waals surface area contributed by atoms with Gasteiger partial charge in [-0.05, 0) is 87.9 Å². The monoisotopic (exact) mass is 3020 g/mol. The third-order valence-corrected chi connectivity index (χ3v) is 15.5. The largest absolute Gasteiger partial charge is 0.512 e. The molecular weight excluding hydrogens is 2930 g/mol. The van der Waals surface area contributed by atoms with Gasteiger partial charge in [0.05, 0.1) is 29.0 Å². The number of pyridine rings is 7. The zero-order valence-corrected chi connectivity index (χ0v) is 88.7. The average molecular weight is 3020 g/mol. The first-order valence-electron chi connectivity index (χ1n) is 37.8. The number of imidazole rings is 1. The molecule has 0 saturated heterocycles. The van der Waals surface area contributed by atoms with Crippen LogP contribution in [0.25, 0.3) is 73.4 Å². The van der Waals surface area contributed by atoms with Crippen molar-refractivity contribution >= 4 is 56.0 Å². The summed E-state index contributed by atoms with van der Waals surface area (Å²) in [5, 5.41) is 66.7. The summed E-state index contributed by atoms with van der Waals surface area (Å²) in [7, 11) is 0. The van der Waals surface area contributed by atoms with Crippen molar-refractivity contribution in [2.45, 2.75) is 69.2 Å². The van der Waals surface area contributed by atoms with Gasteiger partial charge in [-0.1, -0.05) is 210 Å². The standard InChI is InChI=1S/2C13H9N2.C12H8N3.C11H20O2.3C7H5N4.C6H4N5.C6H5NO2.2C5H8O2.7Ir/c1-2-6-12-11(5-1)8-10-15(12)13-7-3-4-9-14-13;1-2-6-12-10-15(9-11(12)5-1)13-7-3-4-8-14-13;1-2-6-11-10(5-1)14-9-15(11)12-7-3-4-8-13-12;1-10(2,3)8(12)7-9(13)11(4,5)6;3*1-2-4-8-7(3-1)11-5-9-10-6-11;1-2-8-6(3-7-1)11-4-9-10-5-11;8-6(9)5-3-1-2-4-7-5;2*1-4(6)3-5(2)7;;;;;;;/h2*1-9H;1-8H;7,12H,1-6H3;3*1-5H;1-4H;1-4H,(H,8,9);2*3,6H,1-2H3;;;;;;;/q3*-1;;4*-1;;;;;;;;;;. The Morgan fingerprint density at radius 2 is 0.712 bits per heavy atom.